The van der Waals surface area contributed by atoms with E-state index in [0.717, 1.165) is 32.0 Å². The van der Waals surface area contributed by atoms with Crippen molar-refractivity contribution in [1.82, 2.24) is 9.88 Å². The first-order chi connectivity index (χ1) is 11.3. The van der Waals surface area contributed by atoms with E-state index in [-0.39, 0.29) is 0 Å². The standard InChI is InChI=1S/C18H24N4O/c19-14-16-7-4-8-20-18(16)22-11-9-21(10-12-22)17(23)13-15-5-2-1-3-6-15/h4,7-8,15H,1-3,5-6,9-13H2. The Hall–Kier alpha value is -2.09. The number of amides is 1. The first-order valence-electron chi connectivity index (χ1n) is 8.66. The number of rotatable bonds is 3. The minimum Gasteiger partial charge on any atom is -0.352 e. The highest BCUT2D eigenvalue weighted by Crippen LogP contribution is 2.27. The van der Waals surface area contributed by atoms with Crippen molar-refractivity contribution in [2.75, 3.05) is 31.1 Å². The molecular formula is C18H24N4O. The van der Waals surface area contributed by atoms with Gasteiger partial charge in [0.25, 0.3) is 0 Å². The Morgan fingerprint density at radius 2 is 1.96 bits per heavy atom. The van der Waals surface area contributed by atoms with Gasteiger partial charge in [-0.3, -0.25) is 4.79 Å². The van der Waals surface area contributed by atoms with Crippen LogP contribution in [0.3, 0.4) is 0 Å². The van der Waals surface area contributed by atoms with Crippen molar-refractivity contribution in [3.05, 3.63) is 23.9 Å². The van der Waals surface area contributed by atoms with E-state index in [1.165, 1.54) is 32.1 Å². The molecule has 0 bridgehead atoms. The van der Waals surface area contributed by atoms with Gasteiger partial charge in [0.1, 0.15) is 11.9 Å². The molecule has 5 heteroatoms. The summed E-state index contributed by atoms with van der Waals surface area (Å²) in [5, 5.41) is 9.19. The zero-order chi connectivity index (χ0) is 16.1. The number of hydrogen-bond donors (Lipinski definition) is 0. The summed E-state index contributed by atoms with van der Waals surface area (Å²) in [5.41, 5.74) is 0.606. The van der Waals surface area contributed by atoms with Gasteiger partial charge in [-0.2, -0.15) is 5.26 Å². The Morgan fingerprint density at radius 1 is 1.22 bits per heavy atom. The normalized spacial score (nSPS) is 19.4. The van der Waals surface area contributed by atoms with E-state index in [1.807, 2.05) is 4.90 Å². The lowest BCUT2D eigenvalue weighted by Crippen LogP contribution is -2.49. The molecule has 0 N–H and O–H groups in total. The van der Waals surface area contributed by atoms with Crippen LogP contribution >= 0.6 is 0 Å². The fourth-order valence-electron chi connectivity index (χ4n) is 3.67. The van der Waals surface area contributed by atoms with Crippen LogP contribution < -0.4 is 4.90 Å². The Kier molecular flexibility index (Phi) is 5.12. The maximum atomic E-state index is 12.5. The van der Waals surface area contributed by atoms with Crippen LogP contribution in [0.25, 0.3) is 0 Å². The maximum absolute atomic E-state index is 12.5. The van der Waals surface area contributed by atoms with E-state index in [2.05, 4.69) is 16.0 Å². The molecule has 0 unspecified atom stereocenters. The molecule has 0 spiro atoms. The summed E-state index contributed by atoms with van der Waals surface area (Å²) in [6.07, 6.45) is 8.75. The number of piperazine rings is 1. The first kappa shape index (κ1) is 15.8. The summed E-state index contributed by atoms with van der Waals surface area (Å²) < 4.78 is 0. The molecule has 2 aliphatic rings. The number of pyridine rings is 1. The number of nitrogens with zero attached hydrogens (tertiary/aromatic N) is 4. The Bertz CT molecular complexity index is 581. The fraction of sp³-hybridized carbons (Fsp3) is 0.611. The third kappa shape index (κ3) is 3.82. The third-order valence-electron chi connectivity index (χ3n) is 5.03. The molecule has 1 aromatic rings. The molecule has 1 aliphatic carbocycles. The van der Waals surface area contributed by atoms with Crippen molar-refractivity contribution in [3.63, 3.8) is 0 Å². The lowest BCUT2D eigenvalue weighted by Gasteiger charge is -2.36. The molecule has 122 valence electrons. The quantitative estimate of drug-likeness (QED) is 0.860. The van der Waals surface area contributed by atoms with Crippen LogP contribution in [0.5, 0.6) is 0 Å². The SMILES string of the molecule is N#Cc1cccnc1N1CCN(C(=O)CC2CCCCC2)CC1. The molecule has 5 nitrogen and oxygen atoms in total. The van der Waals surface area contributed by atoms with Crippen LogP contribution in [0, 0.1) is 17.2 Å². The van der Waals surface area contributed by atoms with E-state index in [9.17, 15) is 10.1 Å². The second-order valence-electron chi connectivity index (χ2n) is 6.56. The summed E-state index contributed by atoms with van der Waals surface area (Å²) in [7, 11) is 0. The van der Waals surface area contributed by atoms with Gasteiger partial charge < -0.3 is 9.80 Å². The molecule has 1 saturated carbocycles. The number of carbonyl (C=O) groups is 1. The van der Waals surface area contributed by atoms with Crippen molar-refractivity contribution in [3.8, 4) is 6.07 Å². The van der Waals surface area contributed by atoms with E-state index in [1.54, 1.807) is 18.3 Å². The van der Waals surface area contributed by atoms with Gasteiger partial charge in [-0.05, 0) is 30.9 Å². The van der Waals surface area contributed by atoms with Crippen molar-refractivity contribution in [2.45, 2.75) is 38.5 Å². The average molecular weight is 312 g/mol. The van der Waals surface area contributed by atoms with E-state index >= 15 is 0 Å². The molecule has 1 saturated heterocycles. The maximum Gasteiger partial charge on any atom is 0.222 e. The monoisotopic (exact) mass is 312 g/mol. The van der Waals surface area contributed by atoms with Crippen LogP contribution in [0.15, 0.2) is 18.3 Å². The Morgan fingerprint density at radius 3 is 2.65 bits per heavy atom. The Balaban J connectivity index is 1.53. The van der Waals surface area contributed by atoms with E-state index < -0.39 is 0 Å². The zero-order valence-electron chi connectivity index (χ0n) is 13.6. The predicted molar refractivity (Wildman–Crippen MR) is 88.9 cm³/mol. The molecular weight excluding hydrogens is 288 g/mol. The second-order valence-corrected chi connectivity index (χ2v) is 6.56. The highest BCUT2D eigenvalue weighted by molar-refractivity contribution is 5.76. The molecule has 3 rings (SSSR count). The van der Waals surface area contributed by atoms with Crippen LogP contribution in [0.1, 0.15) is 44.1 Å². The molecule has 0 atom stereocenters. The van der Waals surface area contributed by atoms with Crippen molar-refractivity contribution in [1.29, 1.82) is 5.26 Å². The topological polar surface area (TPSA) is 60.2 Å². The van der Waals surface area contributed by atoms with Gasteiger partial charge in [-0.1, -0.05) is 19.3 Å². The number of nitriles is 1. The van der Waals surface area contributed by atoms with Crippen LogP contribution in [0.4, 0.5) is 5.82 Å². The molecule has 2 heterocycles. The van der Waals surface area contributed by atoms with E-state index in [0.29, 0.717) is 23.8 Å². The molecule has 2 fully saturated rings. The second kappa shape index (κ2) is 7.45. The summed E-state index contributed by atoms with van der Waals surface area (Å²) in [4.78, 5) is 20.9. The lowest BCUT2D eigenvalue weighted by molar-refractivity contribution is -0.132. The van der Waals surface area contributed by atoms with E-state index in [4.69, 9.17) is 0 Å². The largest absolute Gasteiger partial charge is 0.352 e. The first-order valence-corrected chi connectivity index (χ1v) is 8.66. The Labute approximate surface area is 137 Å². The molecule has 0 aromatic carbocycles. The molecule has 23 heavy (non-hydrogen) atoms. The van der Waals surface area contributed by atoms with Gasteiger partial charge in [-0.25, -0.2) is 4.98 Å². The highest BCUT2D eigenvalue weighted by Gasteiger charge is 2.25. The van der Waals surface area contributed by atoms with Gasteiger partial charge in [0.15, 0.2) is 0 Å². The fourth-order valence-corrected chi connectivity index (χ4v) is 3.67. The van der Waals surface area contributed by atoms with Gasteiger partial charge in [0, 0.05) is 38.8 Å². The number of aromatic nitrogens is 1. The summed E-state index contributed by atoms with van der Waals surface area (Å²) in [6, 6.07) is 5.77. The molecule has 1 aliphatic heterocycles. The molecule has 1 aromatic heterocycles. The third-order valence-corrected chi connectivity index (χ3v) is 5.03. The molecule has 1 amide bonds. The van der Waals surface area contributed by atoms with Gasteiger partial charge in [0.2, 0.25) is 5.91 Å². The zero-order valence-corrected chi connectivity index (χ0v) is 13.6. The average Bonchev–Trinajstić information content (AvgIpc) is 2.62. The predicted octanol–water partition coefficient (Wildman–Crippen LogP) is 2.57. The highest BCUT2D eigenvalue weighted by atomic mass is 16.2. The van der Waals surface area contributed by atoms with Crippen molar-refractivity contribution >= 4 is 11.7 Å². The minimum atomic E-state index is 0.304. The lowest BCUT2D eigenvalue weighted by atomic mass is 9.86. The summed E-state index contributed by atoms with van der Waals surface area (Å²) >= 11 is 0. The molecule has 0 radical (unpaired) electrons. The smallest absolute Gasteiger partial charge is 0.222 e. The van der Waals surface area contributed by atoms with Gasteiger partial charge >= 0.3 is 0 Å². The number of anilines is 1. The number of carbonyl (C=O) groups excluding carboxylic acids is 1. The van der Waals surface area contributed by atoms with Crippen LogP contribution in [-0.4, -0.2) is 42.0 Å². The van der Waals surface area contributed by atoms with Crippen LogP contribution in [-0.2, 0) is 4.79 Å². The van der Waals surface area contributed by atoms with Gasteiger partial charge in [0.05, 0.1) is 5.56 Å². The van der Waals surface area contributed by atoms with Crippen LogP contribution in [0.2, 0.25) is 0 Å². The van der Waals surface area contributed by atoms with Gasteiger partial charge in [-0.15, -0.1) is 0 Å². The summed E-state index contributed by atoms with van der Waals surface area (Å²) in [5.74, 6) is 1.64. The van der Waals surface area contributed by atoms with Crippen molar-refractivity contribution in [2.24, 2.45) is 5.92 Å². The minimum absolute atomic E-state index is 0.304. The number of hydrogen-bond acceptors (Lipinski definition) is 4. The van der Waals surface area contributed by atoms with Crippen molar-refractivity contribution < 1.29 is 4.79 Å². The summed E-state index contributed by atoms with van der Waals surface area (Å²) in [6.45, 7) is 2.96.